The molecule has 0 saturated carbocycles. The molecule has 0 saturated heterocycles. The van der Waals surface area contributed by atoms with E-state index in [1.165, 1.54) is 11.3 Å². The van der Waals surface area contributed by atoms with Gasteiger partial charge >= 0.3 is 0 Å². The van der Waals surface area contributed by atoms with Crippen molar-refractivity contribution in [1.29, 1.82) is 0 Å². The Bertz CT molecular complexity index is 1220. The van der Waals surface area contributed by atoms with Crippen molar-refractivity contribution in [3.05, 3.63) is 81.6 Å². The molecule has 0 fully saturated rings. The number of aromatic nitrogens is 2. The summed E-state index contributed by atoms with van der Waals surface area (Å²) in [5.41, 5.74) is 1.80. The molecule has 0 atom stereocenters. The zero-order valence-electron chi connectivity index (χ0n) is 14.5. The molecule has 140 valence electrons. The molecule has 2 aromatic heterocycles. The zero-order chi connectivity index (χ0) is 19.7. The molecule has 28 heavy (non-hydrogen) atoms. The van der Waals surface area contributed by atoms with Gasteiger partial charge in [-0.15, -0.1) is 11.3 Å². The first-order chi connectivity index (χ1) is 13.5. The van der Waals surface area contributed by atoms with Crippen LogP contribution in [-0.2, 0) is 0 Å². The number of hydrogen-bond acceptors (Lipinski definition) is 6. The SMILES string of the molecule is Nn1c(SCC(=O)c2ccccc2)nc2cc(-c3ccc(Cl)cc3)sc2c1=O. The van der Waals surface area contributed by atoms with E-state index in [2.05, 4.69) is 4.98 Å². The number of hydrogen-bond donors (Lipinski definition) is 1. The van der Waals surface area contributed by atoms with Crippen molar-refractivity contribution < 1.29 is 4.79 Å². The first-order valence-corrected chi connectivity index (χ1v) is 10.5. The molecule has 2 aromatic carbocycles. The third kappa shape index (κ3) is 3.69. The van der Waals surface area contributed by atoms with E-state index in [1.807, 2.05) is 36.4 Å². The number of Topliss-reactive ketones (excluding diaryl/α,β-unsaturated/α-hetero) is 1. The lowest BCUT2D eigenvalue weighted by atomic mass is 10.2. The Balaban J connectivity index is 1.64. The normalized spacial score (nSPS) is 11.0. The number of carbonyl (C=O) groups excluding carboxylic acids is 1. The minimum absolute atomic E-state index is 0.0490. The smallest absolute Gasteiger partial charge is 0.290 e. The van der Waals surface area contributed by atoms with Gasteiger partial charge in [0.1, 0.15) is 4.70 Å². The summed E-state index contributed by atoms with van der Waals surface area (Å²) in [6, 6.07) is 18.2. The largest absolute Gasteiger partial charge is 0.334 e. The van der Waals surface area contributed by atoms with Crippen molar-refractivity contribution in [2.45, 2.75) is 5.16 Å². The zero-order valence-corrected chi connectivity index (χ0v) is 16.9. The number of ketones is 1. The highest BCUT2D eigenvalue weighted by molar-refractivity contribution is 7.99. The van der Waals surface area contributed by atoms with Gasteiger partial charge in [-0.1, -0.05) is 65.8 Å². The number of thioether (sulfide) groups is 1. The Morgan fingerprint density at radius 2 is 1.86 bits per heavy atom. The van der Waals surface area contributed by atoms with Crippen LogP contribution in [-0.4, -0.2) is 21.2 Å². The number of carbonyl (C=O) groups is 1. The highest BCUT2D eigenvalue weighted by atomic mass is 35.5. The maximum absolute atomic E-state index is 12.7. The van der Waals surface area contributed by atoms with Gasteiger partial charge in [-0.2, -0.15) is 0 Å². The van der Waals surface area contributed by atoms with E-state index in [4.69, 9.17) is 17.4 Å². The Hall–Kier alpha value is -2.61. The van der Waals surface area contributed by atoms with Crippen molar-refractivity contribution >= 4 is 50.7 Å². The Labute approximate surface area is 173 Å². The van der Waals surface area contributed by atoms with Gasteiger partial charge in [0, 0.05) is 15.5 Å². The standard InChI is InChI=1S/C20H14ClN3O2S2/c21-14-8-6-13(7-9-14)17-10-15-18(28-17)19(26)24(22)20(23-15)27-11-16(25)12-4-2-1-3-5-12/h1-10H,11,22H2. The van der Waals surface area contributed by atoms with E-state index >= 15 is 0 Å². The molecule has 0 aliphatic carbocycles. The van der Waals surface area contributed by atoms with Crippen LogP contribution >= 0.6 is 34.7 Å². The van der Waals surface area contributed by atoms with Crippen LogP contribution in [0.5, 0.6) is 0 Å². The molecule has 0 aliphatic rings. The fraction of sp³-hybridized carbons (Fsp3) is 0.0500. The molecule has 0 aliphatic heterocycles. The molecule has 0 bridgehead atoms. The number of nitrogens with two attached hydrogens (primary N) is 1. The molecule has 2 N–H and O–H groups in total. The average molecular weight is 428 g/mol. The summed E-state index contributed by atoms with van der Waals surface area (Å²) in [6.45, 7) is 0. The second-order valence-corrected chi connectivity index (χ2v) is 8.41. The monoisotopic (exact) mass is 427 g/mol. The molecule has 0 unspecified atom stereocenters. The van der Waals surface area contributed by atoms with Crippen LogP contribution in [0.25, 0.3) is 20.7 Å². The first kappa shape index (κ1) is 18.7. The highest BCUT2D eigenvalue weighted by Gasteiger charge is 2.15. The quantitative estimate of drug-likeness (QED) is 0.220. The first-order valence-electron chi connectivity index (χ1n) is 8.31. The summed E-state index contributed by atoms with van der Waals surface area (Å²) >= 11 is 8.42. The molecule has 0 amide bonds. The second kappa shape index (κ2) is 7.79. The second-order valence-electron chi connectivity index (χ2n) is 5.98. The molecule has 2 heterocycles. The maximum atomic E-state index is 12.7. The third-order valence-corrected chi connectivity index (χ3v) is 6.47. The number of benzene rings is 2. The van der Waals surface area contributed by atoms with Gasteiger partial charge in [0.15, 0.2) is 10.9 Å². The van der Waals surface area contributed by atoms with E-state index in [0.717, 1.165) is 26.9 Å². The number of nitrogen functional groups attached to an aromatic ring is 1. The van der Waals surface area contributed by atoms with Crippen molar-refractivity contribution in [2.75, 3.05) is 11.6 Å². The molecular formula is C20H14ClN3O2S2. The van der Waals surface area contributed by atoms with Crippen LogP contribution in [0.2, 0.25) is 5.02 Å². The van der Waals surface area contributed by atoms with Gasteiger partial charge in [0.2, 0.25) is 0 Å². The number of fused-ring (bicyclic) bond motifs is 1. The summed E-state index contributed by atoms with van der Waals surface area (Å²) in [4.78, 5) is 30.4. The van der Waals surface area contributed by atoms with Gasteiger partial charge in [0.25, 0.3) is 5.56 Å². The van der Waals surface area contributed by atoms with E-state index < -0.39 is 0 Å². The van der Waals surface area contributed by atoms with Crippen LogP contribution in [0.4, 0.5) is 0 Å². The predicted molar refractivity (Wildman–Crippen MR) is 116 cm³/mol. The lowest BCUT2D eigenvalue weighted by Gasteiger charge is -2.06. The van der Waals surface area contributed by atoms with Gasteiger partial charge in [-0.05, 0) is 23.8 Å². The Morgan fingerprint density at radius 1 is 1.14 bits per heavy atom. The molecule has 4 aromatic rings. The van der Waals surface area contributed by atoms with Crippen LogP contribution in [0, 0.1) is 0 Å². The highest BCUT2D eigenvalue weighted by Crippen LogP contribution is 2.32. The summed E-state index contributed by atoms with van der Waals surface area (Å²) < 4.78 is 1.49. The Kier molecular flexibility index (Phi) is 5.21. The molecular weight excluding hydrogens is 414 g/mol. The fourth-order valence-corrected chi connectivity index (χ4v) is 4.64. The average Bonchev–Trinajstić information content (AvgIpc) is 3.15. The van der Waals surface area contributed by atoms with Gasteiger partial charge < -0.3 is 5.84 Å². The van der Waals surface area contributed by atoms with Crippen LogP contribution in [0.1, 0.15) is 10.4 Å². The van der Waals surface area contributed by atoms with Crippen LogP contribution < -0.4 is 11.4 Å². The fourth-order valence-electron chi connectivity index (χ4n) is 2.67. The Morgan fingerprint density at radius 3 is 2.57 bits per heavy atom. The van der Waals surface area contributed by atoms with E-state index in [9.17, 15) is 9.59 Å². The van der Waals surface area contributed by atoms with E-state index in [-0.39, 0.29) is 17.1 Å². The van der Waals surface area contributed by atoms with E-state index in [0.29, 0.717) is 26.0 Å². The van der Waals surface area contributed by atoms with Crippen LogP contribution in [0.3, 0.4) is 0 Å². The summed E-state index contributed by atoms with van der Waals surface area (Å²) in [5, 5.41) is 0.955. The number of halogens is 1. The predicted octanol–water partition coefficient (Wildman–Crippen LogP) is 4.47. The minimum Gasteiger partial charge on any atom is -0.334 e. The molecule has 8 heteroatoms. The lowest BCUT2D eigenvalue weighted by molar-refractivity contribution is 0.102. The summed E-state index contributed by atoms with van der Waals surface area (Å²) in [7, 11) is 0. The number of nitrogens with zero attached hydrogens (tertiary/aromatic N) is 2. The molecule has 5 nitrogen and oxygen atoms in total. The third-order valence-electron chi connectivity index (χ3n) is 4.10. The van der Waals surface area contributed by atoms with Crippen molar-refractivity contribution in [3.63, 3.8) is 0 Å². The maximum Gasteiger partial charge on any atom is 0.290 e. The van der Waals surface area contributed by atoms with Gasteiger partial charge in [-0.3, -0.25) is 9.59 Å². The molecule has 0 radical (unpaired) electrons. The summed E-state index contributed by atoms with van der Waals surface area (Å²) in [5.74, 6) is 6.04. The van der Waals surface area contributed by atoms with Crippen molar-refractivity contribution in [1.82, 2.24) is 9.66 Å². The topological polar surface area (TPSA) is 78.0 Å². The molecule has 0 spiro atoms. The van der Waals surface area contributed by atoms with Gasteiger partial charge in [-0.25, -0.2) is 9.66 Å². The number of rotatable bonds is 5. The minimum atomic E-state index is -0.329. The van der Waals surface area contributed by atoms with Crippen molar-refractivity contribution in [2.24, 2.45) is 0 Å². The lowest BCUT2D eigenvalue weighted by Crippen LogP contribution is -2.29. The number of thiophene rings is 1. The van der Waals surface area contributed by atoms with E-state index in [1.54, 1.807) is 24.3 Å². The molecule has 4 rings (SSSR count). The summed E-state index contributed by atoms with van der Waals surface area (Å²) in [6.07, 6.45) is 0. The van der Waals surface area contributed by atoms with Crippen LogP contribution in [0.15, 0.2) is 70.6 Å². The van der Waals surface area contributed by atoms with Crippen molar-refractivity contribution in [3.8, 4) is 10.4 Å². The van der Waals surface area contributed by atoms with Gasteiger partial charge in [0.05, 0.1) is 11.3 Å².